The van der Waals surface area contributed by atoms with Crippen LogP contribution in [-0.4, -0.2) is 99.1 Å². The largest absolute Gasteiger partial charge is 0.394 e. The summed E-state index contributed by atoms with van der Waals surface area (Å²) in [6.07, 6.45) is -10.7. The molecule has 0 aromatic heterocycles. The van der Waals surface area contributed by atoms with E-state index in [-0.39, 0.29) is 6.61 Å². The van der Waals surface area contributed by atoms with Gasteiger partial charge in [0, 0.05) is 0 Å². The minimum absolute atomic E-state index is 0.228. The molecule has 124 valence electrons. The average Bonchev–Trinajstić information content (AvgIpc) is 2.48. The van der Waals surface area contributed by atoms with Crippen molar-refractivity contribution < 1.29 is 44.8 Å². The van der Waals surface area contributed by atoms with E-state index in [0.717, 1.165) is 0 Å². The third-order valence-corrected chi connectivity index (χ3v) is 3.69. The molecule has 2 saturated heterocycles. The average molecular weight is 311 g/mol. The van der Waals surface area contributed by atoms with E-state index in [1.54, 1.807) is 0 Å². The van der Waals surface area contributed by atoms with Gasteiger partial charge in [-0.3, -0.25) is 0 Å². The molecule has 2 aliphatic rings. The van der Waals surface area contributed by atoms with Crippen LogP contribution in [0.1, 0.15) is 0 Å². The van der Waals surface area contributed by atoms with Crippen LogP contribution in [-0.2, 0) is 14.2 Å². The molecule has 0 aliphatic carbocycles. The van der Waals surface area contributed by atoms with Crippen LogP contribution >= 0.6 is 0 Å². The Labute approximate surface area is 120 Å². The smallest absolute Gasteiger partial charge is 0.183 e. The van der Waals surface area contributed by atoms with Crippen LogP contribution in [0.5, 0.6) is 0 Å². The van der Waals surface area contributed by atoms with Crippen LogP contribution in [0.25, 0.3) is 0 Å². The van der Waals surface area contributed by atoms with Crippen molar-refractivity contribution in [2.24, 2.45) is 5.73 Å². The van der Waals surface area contributed by atoms with Crippen molar-refractivity contribution in [2.75, 3.05) is 13.2 Å². The maximum absolute atomic E-state index is 9.79. The molecule has 0 saturated carbocycles. The first kappa shape index (κ1) is 17.0. The van der Waals surface area contributed by atoms with Crippen molar-refractivity contribution in [3.8, 4) is 0 Å². The van der Waals surface area contributed by atoms with Crippen LogP contribution in [0.2, 0.25) is 0 Å². The Kier molecular flexibility index (Phi) is 5.48. The van der Waals surface area contributed by atoms with Gasteiger partial charge in [0.05, 0.1) is 19.3 Å². The van der Waals surface area contributed by atoms with Gasteiger partial charge in [0.25, 0.3) is 0 Å². The van der Waals surface area contributed by atoms with Crippen molar-refractivity contribution in [3.63, 3.8) is 0 Å². The number of rotatable bonds is 3. The Morgan fingerprint density at radius 3 is 2.29 bits per heavy atom. The summed E-state index contributed by atoms with van der Waals surface area (Å²) >= 11 is 0. The van der Waals surface area contributed by atoms with Gasteiger partial charge in [-0.05, 0) is 0 Å². The molecule has 0 aromatic carbocycles. The highest BCUT2D eigenvalue weighted by Crippen LogP contribution is 2.24. The maximum atomic E-state index is 9.79. The van der Waals surface area contributed by atoms with Crippen molar-refractivity contribution in [2.45, 2.75) is 55.2 Å². The second-order valence-corrected chi connectivity index (χ2v) is 5.16. The second-order valence-electron chi connectivity index (χ2n) is 5.16. The van der Waals surface area contributed by atoms with Crippen LogP contribution in [0, 0.1) is 0 Å². The van der Waals surface area contributed by atoms with Gasteiger partial charge in [-0.2, -0.15) is 0 Å². The molecule has 2 aliphatic heterocycles. The van der Waals surface area contributed by atoms with Crippen LogP contribution in [0.15, 0.2) is 0 Å². The van der Waals surface area contributed by atoms with Gasteiger partial charge in [-0.15, -0.1) is 0 Å². The molecule has 10 nitrogen and oxygen atoms in total. The predicted molar refractivity (Wildman–Crippen MR) is 64.6 cm³/mol. The van der Waals surface area contributed by atoms with E-state index in [1.165, 1.54) is 0 Å². The first-order valence-corrected chi connectivity index (χ1v) is 6.56. The summed E-state index contributed by atoms with van der Waals surface area (Å²) in [5.74, 6) is 0. The van der Waals surface area contributed by atoms with E-state index in [2.05, 4.69) is 0 Å². The monoisotopic (exact) mass is 311 g/mol. The highest BCUT2D eigenvalue weighted by molar-refractivity contribution is 4.93. The topological polar surface area (TPSA) is 175 Å². The maximum Gasteiger partial charge on any atom is 0.183 e. The minimum Gasteiger partial charge on any atom is -0.394 e. The summed E-state index contributed by atoms with van der Waals surface area (Å²) in [4.78, 5) is 0. The van der Waals surface area contributed by atoms with Gasteiger partial charge in [0.15, 0.2) is 12.6 Å². The fourth-order valence-corrected chi connectivity index (χ4v) is 2.30. The van der Waals surface area contributed by atoms with Crippen molar-refractivity contribution in [3.05, 3.63) is 0 Å². The molecule has 10 heteroatoms. The predicted octanol–water partition coefficient (Wildman–Crippen LogP) is -4.79. The number of aliphatic hydroxyl groups is 6. The van der Waals surface area contributed by atoms with Gasteiger partial charge >= 0.3 is 0 Å². The van der Waals surface area contributed by atoms with Crippen LogP contribution in [0.3, 0.4) is 0 Å². The number of hydrogen-bond donors (Lipinski definition) is 7. The normalized spacial score (nSPS) is 51.9. The van der Waals surface area contributed by atoms with E-state index in [0.29, 0.717) is 0 Å². The molecule has 2 fully saturated rings. The summed E-state index contributed by atoms with van der Waals surface area (Å²) < 4.78 is 15.4. The number of nitrogens with two attached hydrogens (primary N) is 1. The first-order chi connectivity index (χ1) is 9.86. The highest BCUT2D eigenvalue weighted by atomic mass is 16.7. The van der Waals surface area contributed by atoms with E-state index < -0.39 is 61.9 Å². The number of hydrogen-bond acceptors (Lipinski definition) is 10. The van der Waals surface area contributed by atoms with Crippen LogP contribution in [0.4, 0.5) is 0 Å². The third kappa shape index (κ3) is 3.35. The molecule has 2 rings (SSSR count). The van der Waals surface area contributed by atoms with E-state index in [4.69, 9.17) is 25.1 Å². The fraction of sp³-hybridized carbons (Fsp3) is 1.00. The van der Waals surface area contributed by atoms with E-state index in [1.807, 2.05) is 0 Å². The molecule has 0 bridgehead atoms. The second kappa shape index (κ2) is 6.79. The number of aliphatic hydroxyl groups excluding tert-OH is 6. The lowest BCUT2D eigenvalue weighted by Gasteiger charge is -2.43. The lowest BCUT2D eigenvalue weighted by atomic mass is 9.97. The first-order valence-electron chi connectivity index (χ1n) is 6.56. The summed E-state index contributed by atoms with van der Waals surface area (Å²) in [5, 5.41) is 57.0. The fourth-order valence-electron chi connectivity index (χ4n) is 2.30. The summed E-state index contributed by atoms with van der Waals surface area (Å²) in [6, 6.07) is -1.13. The lowest BCUT2D eigenvalue weighted by molar-refractivity contribution is -0.319. The molecular formula is C11H21NO9. The van der Waals surface area contributed by atoms with Gasteiger partial charge in [-0.25, -0.2) is 0 Å². The minimum atomic E-state index is -1.56. The molecule has 21 heavy (non-hydrogen) atoms. The number of ether oxygens (including phenoxy) is 3. The standard InChI is InChI=1S/C11H21NO9/c12-5-8(16)6(14)3(1-13)20-11(5)21-4-2-19-10(18)9(17)7(4)15/h3-11,13-18H,1-2,12H2. The van der Waals surface area contributed by atoms with Gasteiger partial charge in [-0.1, -0.05) is 0 Å². The molecule has 0 radical (unpaired) electrons. The molecule has 0 spiro atoms. The molecule has 2 heterocycles. The molecule has 0 aromatic rings. The lowest BCUT2D eigenvalue weighted by Crippen LogP contribution is -2.64. The molecule has 9 atom stereocenters. The van der Waals surface area contributed by atoms with Gasteiger partial charge in [0.2, 0.25) is 0 Å². The van der Waals surface area contributed by atoms with Gasteiger partial charge < -0.3 is 50.6 Å². The highest BCUT2D eigenvalue weighted by Gasteiger charge is 2.46. The van der Waals surface area contributed by atoms with Crippen molar-refractivity contribution in [1.82, 2.24) is 0 Å². The molecule has 0 amide bonds. The summed E-state index contributed by atoms with van der Waals surface area (Å²) in [6.45, 7) is -0.787. The van der Waals surface area contributed by atoms with Gasteiger partial charge in [0.1, 0.15) is 36.6 Å². The van der Waals surface area contributed by atoms with Crippen molar-refractivity contribution >= 4 is 0 Å². The SMILES string of the molecule is NC1C(OC2COC(O)C(O)C2O)OC(CO)C(O)C1O. The zero-order valence-electron chi connectivity index (χ0n) is 11.1. The quantitative estimate of drug-likeness (QED) is 0.268. The summed E-state index contributed by atoms with van der Waals surface area (Å²) in [7, 11) is 0. The Balaban J connectivity index is 2.01. The Morgan fingerprint density at radius 1 is 1.00 bits per heavy atom. The van der Waals surface area contributed by atoms with E-state index >= 15 is 0 Å². The molecule has 8 N–H and O–H groups in total. The Morgan fingerprint density at radius 2 is 1.67 bits per heavy atom. The van der Waals surface area contributed by atoms with Crippen LogP contribution < -0.4 is 5.73 Å². The Bertz CT molecular complexity index is 344. The van der Waals surface area contributed by atoms with Crippen molar-refractivity contribution in [1.29, 1.82) is 0 Å². The third-order valence-electron chi connectivity index (χ3n) is 3.69. The molecule has 9 unspecified atom stereocenters. The summed E-state index contributed by atoms with van der Waals surface area (Å²) in [5.41, 5.74) is 5.68. The molecular weight excluding hydrogens is 290 g/mol. The zero-order valence-corrected chi connectivity index (χ0v) is 11.1. The van der Waals surface area contributed by atoms with E-state index in [9.17, 15) is 25.5 Å². The zero-order chi connectivity index (χ0) is 15.7. The Hall–Kier alpha value is -0.400.